The minimum atomic E-state index is -0.0494. The molecule has 1 atom stereocenters. The normalized spacial score (nSPS) is 14.1. The van der Waals surface area contributed by atoms with E-state index in [1.165, 1.54) is 66.4 Å². The minimum Gasteiger partial charge on any atom is -0.309 e. The lowest BCUT2D eigenvalue weighted by molar-refractivity contribution is 0.196. The fraction of sp³-hybridized carbons (Fsp3) is 0.163. The second kappa shape index (κ2) is 11.4. The number of fused-ring (bicyclic) bond motifs is 7. The Hall–Kier alpha value is -4.96. The molecule has 1 heterocycles. The Morgan fingerprint density at radius 1 is 0.630 bits per heavy atom. The van der Waals surface area contributed by atoms with Crippen LogP contribution in [0, 0.1) is 0 Å². The summed E-state index contributed by atoms with van der Waals surface area (Å²) >= 11 is 0. The van der Waals surface area contributed by atoms with Crippen molar-refractivity contribution in [3.63, 3.8) is 0 Å². The molecule has 0 saturated heterocycles. The van der Waals surface area contributed by atoms with Crippen molar-refractivity contribution in [2.75, 3.05) is 7.05 Å². The molecule has 8 rings (SSSR count). The van der Waals surface area contributed by atoms with Crippen LogP contribution in [0.5, 0.6) is 0 Å². The number of rotatable bonds is 8. The number of benzene rings is 6. The molecule has 1 unspecified atom stereocenters. The second-order valence-electron chi connectivity index (χ2n) is 13.2. The van der Waals surface area contributed by atoms with Crippen molar-refractivity contribution in [3.8, 4) is 16.8 Å². The quantitative estimate of drug-likeness (QED) is 0.176. The Morgan fingerprint density at radius 3 is 2.04 bits per heavy atom. The molecule has 0 bridgehead atoms. The summed E-state index contributed by atoms with van der Waals surface area (Å²) in [5.41, 5.74) is 13.0. The smallest absolute Gasteiger partial charge is 0.0863 e. The highest BCUT2D eigenvalue weighted by Gasteiger charge is 2.37. The maximum atomic E-state index is 3.86. The van der Waals surface area contributed by atoms with Gasteiger partial charge in [-0.1, -0.05) is 141 Å². The molecule has 0 saturated carbocycles. The van der Waals surface area contributed by atoms with E-state index < -0.39 is 0 Å². The van der Waals surface area contributed by atoms with Crippen molar-refractivity contribution < 1.29 is 0 Å². The molecule has 226 valence electrons. The molecule has 1 aromatic heterocycles. The lowest BCUT2D eigenvalue weighted by atomic mass is 9.82. The maximum Gasteiger partial charge on any atom is 0.0863 e. The van der Waals surface area contributed by atoms with Gasteiger partial charge in [-0.25, -0.2) is 0 Å². The number of para-hydroxylation sites is 1. The van der Waals surface area contributed by atoms with Crippen molar-refractivity contribution in [2.45, 2.75) is 38.5 Å². The molecule has 46 heavy (non-hydrogen) atoms. The van der Waals surface area contributed by atoms with Crippen molar-refractivity contribution in [1.29, 1.82) is 0 Å². The molecule has 3 heteroatoms. The van der Waals surface area contributed by atoms with Gasteiger partial charge in [-0.3, -0.25) is 10.2 Å². The predicted octanol–water partition coefficient (Wildman–Crippen LogP) is 10.0. The zero-order valence-electron chi connectivity index (χ0n) is 26.7. The van der Waals surface area contributed by atoms with Crippen LogP contribution in [0.25, 0.3) is 38.6 Å². The summed E-state index contributed by atoms with van der Waals surface area (Å²) in [6.45, 7) is 6.36. The van der Waals surface area contributed by atoms with Crippen LogP contribution < -0.4 is 5.32 Å². The SMILES string of the molecule is CN(Cc1ccccc1)C(NCc1ccccc1)c1ccc(-n2c3ccccc3c3ccc4c(c32)-c2ccccc2C4(C)C)cc1. The third kappa shape index (κ3) is 4.75. The van der Waals surface area contributed by atoms with Crippen LogP contribution in [0.2, 0.25) is 0 Å². The average Bonchev–Trinajstić information content (AvgIpc) is 3.55. The summed E-state index contributed by atoms with van der Waals surface area (Å²) in [4.78, 5) is 2.40. The van der Waals surface area contributed by atoms with Gasteiger partial charge in [-0.2, -0.15) is 0 Å². The van der Waals surface area contributed by atoms with E-state index in [-0.39, 0.29) is 11.6 Å². The summed E-state index contributed by atoms with van der Waals surface area (Å²) in [6, 6.07) is 53.1. The third-order valence-corrected chi connectivity index (χ3v) is 9.90. The van der Waals surface area contributed by atoms with E-state index in [9.17, 15) is 0 Å². The zero-order chi connectivity index (χ0) is 31.3. The van der Waals surface area contributed by atoms with Gasteiger partial charge in [0, 0.05) is 40.5 Å². The van der Waals surface area contributed by atoms with E-state index >= 15 is 0 Å². The molecule has 0 aliphatic heterocycles. The lowest BCUT2D eigenvalue weighted by Crippen LogP contribution is -2.35. The first kappa shape index (κ1) is 28.5. The van der Waals surface area contributed by atoms with E-state index in [0.29, 0.717) is 0 Å². The minimum absolute atomic E-state index is 0.0459. The average molecular weight is 598 g/mol. The van der Waals surface area contributed by atoms with Crippen LogP contribution in [0.1, 0.15) is 47.8 Å². The van der Waals surface area contributed by atoms with Gasteiger partial charge in [-0.15, -0.1) is 0 Å². The fourth-order valence-electron chi connectivity index (χ4n) is 7.62. The van der Waals surface area contributed by atoms with Gasteiger partial charge < -0.3 is 4.57 Å². The number of nitrogens with zero attached hydrogens (tertiary/aromatic N) is 2. The van der Waals surface area contributed by atoms with Crippen molar-refractivity contribution >= 4 is 21.8 Å². The number of nitrogens with one attached hydrogen (secondary N) is 1. The van der Waals surface area contributed by atoms with Crippen molar-refractivity contribution in [1.82, 2.24) is 14.8 Å². The van der Waals surface area contributed by atoms with Gasteiger partial charge in [0.05, 0.1) is 17.2 Å². The van der Waals surface area contributed by atoms with Crippen LogP contribution in [0.15, 0.2) is 146 Å². The van der Waals surface area contributed by atoms with E-state index in [2.05, 4.69) is 181 Å². The van der Waals surface area contributed by atoms with Gasteiger partial charge in [0.15, 0.2) is 0 Å². The number of hydrogen-bond acceptors (Lipinski definition) is 2. The first-order chi connectivity index (χ1) is 22.5. The number of hydrogen-bond donors (Lipinski definition) is 1. The predicted molar refractivity (Wildman–Crippen MR) is 192 cm³/mol. The second-order valence-corrected chi connectivity index (χ2v) is 13.2. The van der Waals surface area contributed by atoms with Gasteiger partial charge >= 0.3 is 0 Å². The van der Waals surface area contributed by atoms with E-state index in [1.54, 1.807) is 0 Å². The Bertz CT molecular complexity index is 2160. The molecular weight excluding hydrogens is 558 g/mol. The standard InChI is InChI=1S/C43H39N3/c1-43(2)37-20-12-10-19-36(37)40-38(43)27-26-35-34-18-11-13-21-39(34)46(41(35)40)33-24-22-32(23-25-33)42(44-28-30-14-6-4-7-15-30)45(3)29-31-16-8-5-9-17-31/h4-27,42,44H,28-29H2,1-3H3. The molecule has 1 aliphatic rings. The summed E-state index contributed by atoms with van der Waals surface area (Å²) in [6.07, 6.45) is 0.0459. The summed E-state index contributed by atoms with van der Waals surface area (Å²) in [5.74, 6) is 0. The number of aromatic nitrogens is 1. The summed E-state index contributed by atoms with van der Waals surface area (Å²) < 4.78 is 2.49. The van der Waals surface area contributed by atoms with Gasteiger partial charge in [0.1, 0.15) is 0 Å². The fourth-order valence-corrected chi connectivity index (χ4v) is 7.62. The molecule has 3 nitrogen and oxygen atoms in total. The van der Waals surface area contributed by atoms with Crippen LogP contribution >= 0.6 is 0 Å². The highest BCUT2D eigenvalue weighted by molar-refractivity contribution is 6.15. The molecule has 0 fully saturated rings. The van der Waals surface area contributed by atoms with Crippen LogP contribution in [-0.2, 0) is 18.5 Å². The summed E-state index contributed by atoms with van der Waals surface area (Å²) in [7, 11) is 2.21. The molecule has 1 aliphatic carbocycles. The van der Waals surface area contributed by atoms with E-state index in [1.807, 2.05) is 0 Å². The Morgan fingerprint density at radius 2 is 1.28 bits per heavy atom. The molecular formula is C43H39N3. The molecule has 0 spiro atoms. The highest BCUT2D eigenvalue weighted by Crippen LogP contribution is 2.52. The van der Waals surface area contributed by atoms with Crippen LogP contribution in [-0.4, -0.2) is 16.5 Å². The third-order valence-electron chi connectivity index (χ3n) is 9.90. The topological polar surface area (TPSA) is 20.2 Å². The monoisotopic (exact) mass is 597 g/mol. The molecule has 0 radical (unpaired) electrons. The van der Waals surface area contributed by atoms with E-state index in [0.717, 1.165) is 13.1 Å². The van der Waals surface area contributed by atoms with Gasteiger partial charge in [0.25, 0.3) is 0 Å². The Balaban J connectivity index is 1.24. The van der Waals surface area contributed by atoms with Gasteiger partial charge in [0.2, 0.25) is 0 Å². The van der Waals surface area contributed by atoms with E-state index in [4.69, 9.17) is 0 Å². The molecule has 7 aromatic rings. The first-order valence-corrected chi connectivity index (χ1v) is 16.3. The molecule has 1 N–H and O–H groups in total. The molecule has 0 amide bonds. The Labute approximate surface area is 271 Å². The van der Waals surface area contributed by atoms with Crippen LogP contribution in [0.3, 0.4) is 0 Å². The molecule has 6 aromatic carbocycles. The Kier molecular flexibility index (Phi) is 7.09. The van der Waals surface area contributed by atoms with Crippen molar-refractivity contribution in [2.24, 2.45) is 0 Å². The largest absolute Gasteiger partial charge is 0.309 e. The lowest BCUT2D eigenvalue weighted by Gasteiger charge is -2.30. The maximum absolute atomic E-state index is 3.86. The zero-order valence-corrected chi connectivity index (χ0v) is 26.7. The van der Waals surface area contributed by atoms with Crippen LogP contribution in [0.4, 0.5) is 0 Å². The summed E-state index contributed by atoms with van der Waals surface area (Å²) in [5, 5.41) is 6.45. The van der Waals surface area contributed by atoms with Crippen molar-refractivity contribution in [3.05, 3.63) is 173 Å². The first-order valence-electron chi connectivity index (χ1n) is 16.3. The highest BCUT2D eigenvalue weighted by atomic mass is 15.2. The van der Waals surface area contributed by atoms with Gasteiger partial charge in [-0.05, 0) is 58.6 Å².